The summed E-state index contributed by atoms with van der Waals surface area (Å²) in [4.78, 5) is 8.25. The van der Waals surface area contributed by atoms with Gasteiger partial charge in [0.15, 0.2) is 10.8 Å². The zero-order valence-corrected chi connectivity index (χ0v) is 11.7. The number of aromatic nitrogens is 2. The van der Waals surface area contributed by atoms with Gasteiger partial charge in [-0.3, -0.25) is 4.40 Å². The van der Waals surface area contributed by atoms with Crippen LogP contribution in [0.2, 0.25) is 0 Å². The third-order valence-electron chi connectivity index (χ3n) is 3.79. The molecule has 3 heterocycles. The third kappa shape index (κ3) is 2.24. The van der Waals surface area contributed by atoms with Crippen LogP contribution in [0.15, 0.2) is 11.6 Å². The van der Waals surface area contributed by atoms with Crippen molar-refractivity contribution in [3.8, 4) is 0 Å². The highest BCUT2D eigenvalue weighted by atomic mass is 32.1. The van der Waals surface area contributed by atoms with E-state index in [2.05, 4.69) is 26.2 Å². The third-order valence-corrected chi connectivity index (χ3v) is 4.54. The van der Waals surface area contributed by atoms with Gasteiger partial charge in [-0.25, -0.2) is 4.98 Å². The molecule has 2 aliphatic rings. The Kier molecular flexibility index (Phi) is 2.94. The van der Waals surface area contributed by atoms with E-state index in [1.807, 2.05) is 0 Å². The fourth-order valence-corrected chi connectivity index (χ4v) is 3.27. The van der Waals surface area contributed by atoms with Crippen molar-refractivity contribution in [3.05, 3.63) is 17.3 Å². The Morgan fingerprint density at radius 1 is 1.37 bits per heavy atom. The van der Waals surface area contributed by atoms with Crippen molar-refractivity contribution in [2.24, 2.45) is 0 Å². The fourth-order valence-electron chi connectivity index (χ4n) is 2.54. The lowest BCUT2D eigenvalue weighted by Gasteiger charge is -2.27. The first-order valence-electron chi connectivity index (χ1n) is 6.92. The van der Waals surface area contributed by atoms with Gasteiger partial charge in [-0.05, 0) is 12.8 Å². The maximum absolute atomic E-state index is 5.44. The largest absolute Gasteiger partial charge is 0.378 e. The van der Waals surface area contributed by atoms with E-state index in [1.165, 1.54) is 18.5 Å². The predicted octanol–water partition coefficient (Wildman–Crippen LogP) is 1.48. The molecule has 2 aromatic heterocycles. The standard InChI is InChI=1S/C13H18N4OS/c1-2-10(1)14-9-11-12(16-3-6-18-7-4-16)15-13-17(11)5-8-19-13/h5,8,10,14H,1-4,6-7,9H2. The molecule has 1 saturated heterocycles. The number of morpholine rings is 1. The number of fused-ring (bicyclic) bond motifs is 1. The first kappa shape index (κ1) is 11.7. The van der Waals surface area contributed by atoms with Crippen molar-refractivity contribution < 1.29 is 4.74 Å². The molecule has 2 fully saturated rings. The van der Waals surface area contributed by atoms with Crippen molar-refractivity contribution in [1.29, 1.82) is 0 Å². The predicted molar refractivity (Wildman–Crippen MR) is 76.0 cm³/mol. The van der Waals surface area contributed by atoms with Crippen LogP contribution in [-0.4, -0.2) is 41.7 Å². The van der Waals surface area contributed by atoms with Gasteiger partial charge in [-0.1, -0.05) is 0 Å². The minimum absolute atomic E-state index is 0.724. The highest BCUT2D eigenvalue weighted by Crippen LogP contribution is 2.27. The van der Waals surface area contributed by atoms with Crippen LogP contribution < -0.4 is 10.2 Å². The zero-order chi connectivity index (χ0) is 12.7. The number of imidazole rings is 1. The summed E-state index contributed by atoms with van der Waals surface area (Å²) >= 11 is 1.70. The highest BCUT2D eigenvalue weighted by molar-refractivity contribution is 7.15. The average Bonchev–Trinajstić information content (AvgIpc) is 3.05. The fraction of sp³-hybridized carbons (Fsp3) is 0.615. The Morgan fingerprint density at radius 3 is 3.00 bits per heavy atom. The Labute approximate surface area is 116 Å². The number of hydrogen-bond donors (Lipinski definition) is 1. The lowest BCUT2D eigenvalue weighted by atomic mass is 10.3. The van der Waals surface area contributed by atoms with Gasteiger partial charge in [0.1, 0.15) is 0 Å². The van der Waals surface area contributed by atoms with E-state index in [4.69, 9.17) is 9.72 Å². The monoisotopic (exact) mass is 278 g/mol. The maximum atomic E-state index is 5.44. The first-order valence-corrected chi connectivity index (χ1v) is 7.80. The van der Waals surface area contributed by atoms with E-state index in [1.54, 1.807) is 11.3 Å². The van der Waals surface area contributed by atoms with Crippen LogP contribution in [0.4, 0.5) is 5.82 Å². The van der Waals surface area contributed by atoms with Crippen molar-refractivity contribution in [3.63, 3.8) is 0 Å². The van der Waals surface area contributed by atoms with Gasteiger partial charge in [0.2, 0.25) is 0 Å². The number of anilines is 1. The number of ether oxygens (including phenoxy) is 1. The molecular formula is C13H18N4OS. The van der Waals surface area contributed by atoms with E-state index in [-0.39, 0.29) is 0 Å². The molecule has 0 bridgehead atoms. The maximum Gasteiger partial charge on any atom is 0.195 e. The molecule has 19 heavy (non-hydrogen) atoms. The van der Waals surface area contributed by atoms with Gasteiger partial charge in [0, 0.05) is 37.3 Å². The molecule has 1 aliphatic carbocycles. The molecule has 0 unspecified atom stereocenters. The molecule has 0 spiro atoms. The van der Waals surface area contributed by atoms with Crippen LogP contribution >= 0.6 is 11.3 Å². The molecular weight excluding hydrogens is 260 g/mol. The Bertz CT molecular complexity index is 568. The van der Waals surface area contributed by atoms with Crippen molar-refractivity contribution >= 4 is 22.1 Å². The number of nitrogens with one attached hydrogen (secondary N) is 1. The summed E-state index contributed by atoms with van der Waals surface area (Å²) in [6.45, 7) is 4.42. The number of thiazole rings is 1. The minimum Gasteiger partial charge on any atom is -0.378 e. The summed E-state index contributed by atoms with van der Waals surface area (Å²) in [5.74, 6) is 1.14. The van der Waals surface area contributed by atoms with Gasteiger partial charge in [0.25, 0.3) is 0 Å². The number of hydrogen-bond acceptors (Lipinski definition) is 5. The lowest BCUT2D eigenvalue weighted by molar-refractivity contribution is 0.122. The van der Waals surface area contributed by atoms with Crippen LogP contribution in [-0.2, 0) is 11.3 Å². The summed E-state index contributed by atoms with van der Waals surface area (Å²) in [6.07, 6.45) is 4.76. The lowest BCUT2D eigenvalue weighted by Crippen LogP contribution is -2.37. The number of rotatable bonds is 4. The molecule has 1 saturated carbocycles. The topological polar surface area (TPSA) is 41.8 Å². The summed E-state index contributed by atoms with van der Waals surface area (Å²) in [7, 11) is 0. The van der Waals surface area contributed by atoms with E-state index in [0.29, 0.717) is 0 Å². The van der Waals surface area contributed by atoms with Crippen LogP contribution in [0.1, 0.15) is 18.5 Å². The summed E-state index contributed by atoms with van der Waals surface area (Å²) in [6, 6.07) is 0.724. The molecule has 0 radical (unpaired) electrons. The Morgan fingerprint density at radius 2 is 2.21 bits per heavy atom. The normalized spacial score (nSPS) is 20.3. The van der Waals surface area contributed by atoms with Crippen LogP contribution in [0.3, 0.4) is 0 Å². The van der Waals surface area contributed by atoms with E-state index in [9.17, 15) is 0 Å². The Balaban J connectivity index is 1.66. The van der Waals surface area contributed by atoms with Crippen LogP contribution in [0, 0.1) is 0 Å². The zero-order valence-electron chi connectivity index (χ0n) is 10.8. The quantitative estimate of drug-likeness (QED) is 0.920. The van der Waals surface area contributed by atoms with E-state index >= 15 is 0 Å². The number of nitrogens with zero attached hydrogens (tertiary/aromatic N) is 3. The molecule has 1 N–H and O–H groups in total. The average molecular weight is 278 g/mol. The summed E-state index contributed by atoms with van der Waals surface area (Å²) in [5, 5.41) is 5.71. The van der Waals surface area contributed by atoms with Gasteiger partial charge < -0.3 is 15.0 Å². The molecule has 4 rings (SSSR count). The second-order valence-corrected chi connectivity index (χ2v) is 6.07. The summed E-state index contributed by atoms with van der Waals surface area (Å²) < 4.78 is 7.66. The van der Waals surface area contributed by atoms with Crippen LogP contribution in [0.5, 0.6) is 0 Å². The highest BCUT2D eigenvalue weighted by Gasteiger charge is 2.24. The SMILES string of the molecule is c1cn2c(CNC3CC3)c(N3CCOCC3)nc2s1. The molecule has 2 aromatic rings. The molecule has 1 aliphatic heterocycles. The van der Waals surface area contributed by atoms with Gasteiger partial charge in [-0.15, -0.1) is 11.3 Å². The minimum atomic E-state index is 0.724. The van der Waals surface area contributed by atoms with Crippen molar-refractivity contribution in [1.82, 2.24) is 14.7 Å². The second-order valence-electron chi connectivity index (χ2n) is 5.19. The summed E-state index contributed by atoms with van der Waals surface area (Å²) in [5.41, 5.74) is 1.30. The first-order chi connectivity index (χ1) is 9.42. The molecule has 0 amide bonds. The van der Waals surface area contributed by atoms with Gasteiger partial charge >= 0.3 is 0 Å². The molecule has 6 heteroatoms. The molecule has 0 atom stereocenters. The molecule has 5 nitrogen and oxygen atoms in total. The van der Waals surface area contributed by atoms with Gasteiger partial charge in [0.05, 0.1) is 18.9 Å². The van der Waals surface area contributed by atoms with Crippen molar-refractivity contribution in [2.45, 2.75) is 25.4 Å². The second kappa shape index (κ2) is 4.77. The molecule has 102 valence electrons. The molecule has 0 aromatic carbocycles. The van der Waals surface area contributed by atoms with E-state index < -0.39 is 0 Å². The van der Waals surface area contributed by atoms with E-state index in [0.717, 1.165) is 49.7 Å². The smallest absolute Gasteiger partial charge is 0.195 e. The Hall–Kier alpha value is -1.11. The van der Waals surface area contributed by atoms with Gasteiger partial charge in [-0.2, -0.15) is 0 Å². The van der Waals surface area contributed by atoms with Crippen LogP contribution in [0.25, 0.3) is 4.96 Å². The van der Waals surface area contributed by atoms with Crippen molar-refractivity contribution in [2.75, 3.05) is 31.2 Å².